The van der Waals surface area contributed by atoms with Crippen LogP contribution < -0.4 is 0 Å². The van der Waals surface area contributed by atoms with E-state index in [0.29, 0.717) is 10.9 Å². The Morgan fingerprint density at radius 2 is 1.88 bits per heavy atom. The minimum atomic E-state index is -0.462. The van der Waals surface area contributed by atoms with E-state index in [1.54, 1.807) is 6.33 Å². The number of fused-ring (bicyclic) bond motifs is 1. The summed E-state index contributed by atoms with van der Waals surface area (Å²) in [6, 6.07) is 7.78. The molecule has 0 bridgehead atoms. The van der Waals surface area contributed by atoms with Gasteiger partial charge in [0.25, 0.3) is 0 Å². The summed E-state index contributed by atoms with van der Waals surface area (Å²) in [4.78, 5) is 8.99. The average Bonchev–Trinajstić information content (AvgIpc) is 3.23. The maximum atomic E-state index is 10.8. The third-order valence-corrected chi connectivity index (χ3v) is 6.09. The summed E-state index contributed by atoms with van der Waals surface area (Å²) in [5.74, 6) is 0.811. The minimum Gasteiger partial charge on any atom is -0.388 e. The maximum Gasteiger partial charge on any atom is 0.161 e. The van der Waals surface area contributed by atoms with Gasteiger partial charge in [0.05, 0.1) is 29.4 Å². The minimum absolute atomic E-state index is 0.227. The molecule has 2 aliphatic carbocycles. The number of hydrogen-bond donors (Lipinski definition) is 1. The van der Waals surface area contributed by atoms with Gasteiger partial charge in [0.15, 0.2) is 5.65 Å². The molecule has 2 aliphatic rings. The van der Waals surface area contributed by atoms with E-state index in [9.17, 15) is 5.11 Å². The zero-order valence-electron chi connectivity index (χ0n) is 14.4. The first-order chi connectivity index (χ1) is 12.7. The molecule has 0 amide bonds. The summed E-state index contributed by atoms with van der Waals surface area (Å²) in [6.45, 7) is 0. The van der Waals surface area contributed by atoms with Crippen LogP contribution in [0.3, 0.4) is 0 Å². The summed E-state index contributed by atoms with van der Waals surface area (Å²) in [5, 5.41) is 17.2. The lowest BCUT2D eigenvalue weighted by Crippen LogP contribution is -2.12. The first kappa shape index (κ1) is 16.2. The molecule has 2 heterocycles. The van der Waals surface area contributed by atoms with E-state index in [2.05, 4.69) is 19.7 Å². The Hall–Kier alpha value is -1.98. The van der Waals surface area contributed by atoms with Crippen molar-refractivity contribution >= 4 is 22.6 Å². The normalized spacial score (nSPS) is 24.2. The largest absolute Gasteiger partial charge is 0.388 e. The molecule has 5 rings (SSSR count). The van der Waals surface area contributed by atoms with E-state index in [1.807, 2.05) is 30.5 Å². The lowest BCUT2D eigenvalue weighted by molar-refractivity contribution is 0.109. The van der Waals surface area contributed by atoms with Crippen molar-refractivity contribution in [3.05, 3.63) is 53.1 Å². The number of aromatic nitrogens is 4. The predicted octanol–water partition coefficient (Wildman–Crippen LogP) is 4.43. The highest BCUT2D eigenvalue weighted by atomic mass is 35.5. The molecule has 134 valence electrons. The Morgan fingerprint density at radius 1 is 1.08 bits per heavy atom. The van der Waals surface area contributed by atoms with Crippen LogP contribution in [0.25, 0.3) is 11.0 Å². The van der Waals surface area contributed by atoms with Crippen LogP contribution in [0.15, 0.2) is 36.8 Å². The van der Waals surface area contributed by atoms with Crippen LogP contribution >= 0.6 is 11.6 Å². The molecule has 2 aromatic heterocycles. The Kier molecular flexibility index (Phi) is 3.94. The molecular formula is C20H21ClN4O. The van der Waals surface area contributed by atoms with Gasteiger partial charge in [0, 0.05) is 10.9 Å². The summed E-state index contributed by atoms with van der Waals surface area (Å²) in [5.41, 5.74) is 3.02. The topological polar surface area (TPSA) is 63.8 Å². The standard InChI is InChI=1S/C20H21ClN4O/c21-15-6-3-13(4-7-15)19(26)14-5-8-16(9-14)25-20-17(10-24-25)18(12-1-2-12)22-11-23-20/h3-4,6-7,10-12,14,16,19,26H,1-2,5,8-9H2. The van der Waals surface area contributed by atoms with Gasteiger partial charge in [-0.05, 0) is 55.7 Å². The van der Waals surface area contributed by atoms with Gasteiger partial charge in [-0.1, -0.05) is 23.7 Å². The molecule has 6 heteroatoms. The number of hydrogen-bond acceptors (Lipinski definition) is 4. The van der Waals surface area contributed by atoms with E-state index in [0.717, 1.165) is 41.6 Å². The quantitative estimate of drug-likeness (QED) is 0.739. The van der Waals surface area contributed by atoms with E-state index in [1.165, 1.54) is 12.8 Å². The highest BCUT2D eigenvalue weighted by Crippen LogP contribution is 2.44. The molecule has 0 saturated heterocycles. The smallest absolute Gasteiger partial charge is 0.161 e. The number of aliphatic hydroxyl groups excluding tert-OH is 1. The summed E-state index contributed by atoms with van der Waals surface area (Å²) >= 11 is 5.96. The van der Waals surface area contributed by atoms with Gasteiger partial charge in [-0.2, -0.15) is 5.10 Å². The van der Waals surface area contributed by atoms with Gasteiger partial charge >= 0.3 is 0 Å². The van der Waals surface area contributed by atoms with Crippen molar-refractivity contribution in [3.63, 3.8) is 0 Å². The van der Waals surface area contributed by atoms with E-state index < -0.39 is 6.10 Å². The van der Waals surface area contributed by atoms with Gasteiger partial charge in [0.1, 0.15) is 6.33 Å². The molecule has 26 heavy (non-hydrogen) atoms. The van der Waals surface area contributed by atoms with Gasteiger partial charge in [-0.25, -0.2) is 14.6 Å². The van der Waals surface area contributed by atoms with Crippen LogP contribution in [-0.2, 0) is 0 Å². The van der Waals surface area contributed by atoms with Crippen LogP contribution in [0.1, 0.15) is 61.4 Å². The summed E-state index contributed by atoms with van der Waals surface area (Å²) < 4.78 is 2.05. The summed E-state index contributed by atoms with van der Waals surface area (Å²) in [7, 11) is 0. The van der Waals surface area contributed by atoms with E-state index in [4.69, 9.17) is 11.6 Å². The third kappa shape index (κ3) is 2.79. The van der Waals surface area contributed by atoms with E-state index >= 15 is 0 Å². The number of halogens is 1. The molecular weight excluding hydrogens is 348 g/mol. The first-order valence-electron chi connectivity index (χ1n) is 9.32. The molecule has 1 N–H and O–H groups in total. The highest BCUT2D eigenvalue weighted by Gasteiger charge is 2.34. The van der Waals surface area contributed by atoms with Gasteiger partial charge in [0.2, 0.25) is 0 Å². The Morgan fingerprint density at radius 3 is 2.65 bits per heavy atom. The van der Waals surface area contributed by atoms with Crippen LogP contribution in [0.2, 0.25) is 5.02 Å². The fourth-order valence-electron chi connectivity index (χ4n) is 4.26. The van der Waals surface area contributed by atoms with Crippen LogP contribution in [0.5, 0.6) is 0 Å². The molecule has 1 aromatic carbocycles. The molecule has 0 aliphatic heterocycles. The zero-order valence-corrected chi connectivity index (χ0v) is 15.2. The van der Waals surface area contributed by atoms with Gasteiger partial charge in [-0.15, -0.1) is 0 Å². The summed E-state index contributed by atoms with van der Waals surface area (Å²) in [6.07, 6.45) is 8.46. The molecule has 2 saturated carbocycles. The highest BCUT2D eigenvalue weighted by molar-refractivity contribution is 6.30. The fourth-order valence-corrected chi connectivity index (χ4v) is 4.39. The number of nitrogens with zero attached hydrogens (tertiary/aromatic N) is 4. The van der Waals surface area contributed by atoms with Crippen molar-refractivity contribution in [2.45, 2.75) is 50.2 Å². The van der Waals surface area contributed by atoms with Crippen molar-refractivity contribution in [2.75, 3.05) is 0 Å². The van der Waals surface area contributed by atoms with Crippen molar-refractivity contribution < 1.29 is 5.11 Å². The van der Waals surface area contributed by atoms with Gasteiger partial charge in [-0.3, -0.25) is 0 Å². The molecule has 2 fully saturated rings. The SMILES string of the molecule is OC(c1ccc(Cl)cc1)C1CCC(n2ncc3c(C4CC4)ncnc32)C1. The van der Waals surface area contributed by atoms with Crippen molar-refractivity contribution in [1.82, 2.24) is 19.7 Å². The van der Waals surface area contributed by atoms with Crippen molar-refractivity contribution in [2.24, 2.45) is 5.92 Å². The average molecular weight is 369 g/mol. The molecule has 0 radical (unpaired) electrons. The Labute approximate surface area is 157 Å². The zero-order chi connectivity index (χ0) is 17.7. The fraction of sp³-hybridized carbons (Fsp3) is 0.450. The van der Waals surface area contributed by atoms with Crippen molar-refractivity contribution in [3.8, 4) is 0 Å². The Bertz CT molecular complexity index is 935. The second kappa shape index (κ2) is 6.32. The number of rotatable bonds is 4. The maximum absolute atomic E-state index is 10.8. The monoisotopic (exact) mass is 368 g/mol. The Balaban J connectivity index is 1.38. The predicted molar refractivity (Wildman–Crippen MR) is 100 cm³/mol. The molecule has 3 aromatic rings. The molecule has 5 nitrogen and oxygen atoms in total. The lowest BCUT2D eigenvalue weighted by atomic mass is 9.94. The second-order valence-corrected chi connectivity index (χ2v) is 8.02. The van der Waals surface area contributed by atoms with Crippen LogP contribution in [-0.4, -0.2) is 24.9 Å². The lowest BCUT2D eigenvalue weighted by Gasteiger charge is -2.19. The van der Waals surface area contributed by atoms with Crippen LogP contribution in [0, 0.1) is 5.92 Å². The van der Waals surface area contributed by atoms with E-state index in [-0.39, 0.29) is 12.0 Å². The van der Waals surface area contributed by atoms with Crippen LogP contribution in [0.4, 0.5) is 0 Å². The third-order valence-electron chi connectivity index (χ3n) is 5.84. The number of benzene rings is 1. The van der Waals surface area contributed by atoms with Crippen molar-refractivity contribution in [1.29, 1.82) is 0 Å². The first-order valence-corrected chi connectivity index (χ1v) is 9.70. The molecule has 3 atom stereocenters. The second-order valence-electron chi connectivity index (χ2n) is 7.58. The molecule has 3 unspecified atom stereocenters. The van der Waals surface area contributed by atoms with Gasteiger partial charge < -0.3 is 5.11 Å². The number of aliphatic hydroxyl groups is 1. The molecule has 0 spiro atoms.